The van der Waals surface area contributed by atoms with Gasteiger partial charge < -0.3 is 24.5 Å². The number of likely N-dealkylation sites (tertiary alicyclic amines) is 1. The van der Waals surface area contributed by atoms with E-state index in [9.17, 15) is 14.3 Å². The molecule has 3 heterocycles. The van der Waals surface area contributed by atoms with E-state index in [1.54, 1.807) is 12.1 Å². The summed E-state index contributed by atoms with van der Waals surface area (Å²) in [6, 6.07) is 17.5. The number of piperidine rings is 1. The van der Waals surface area contributed by atoms with Crippen LogP contribution in [0.2, 0.25) is 0 Å². The third-order valence-corrected chi connectivity index (χ3v) is 10.1. The number of aromatic nitrogens is 2. The number of carboxylic acid groups (broad SMARTS) is 1. The normalized spacial score (nSPS) is 16.7. The minimum atomic E-state index is -0.949. The van der Waals surface area contributed by atoms with Gasteiger partial charge in [-0.05, 0) is 68.0 Å². The summed E-state index contributed by atoms with van der Waals surface area (Å²) in [6.45, 7) is 13.7. The monoisotopic (exact) mass is 596 g/mol. The van der Waals surface area contributed by atoms with E-state index in [1.165, 1.54) is 30.9 Å². The number of carboxylic acids is 1. The van der Waals surface area contributed by atoms with Gasteiger partial charge in [0.15, 0.2) is 0 Å². The number of hydrogen-bond donors (Lipinski definition) is 2. The number of fused-ring (bicyclic) bond motifs is 1. The van der Waals surface area contributed by atoms with E-state index in [1.807, 2.05) is 24.3 Å². The Bertz CT molecular complexity index is 1620. The van der Waals surface area contributed by atoms with E-state index in [-0.39, 0.29) is 11.5 Å². The van der Waals surface area contributed by atoms with E-state index in [4.69, 9.17) is 0 Å². The number of H-pyrrole nitrogens is 1. The lowest BCUT2D eigenvalue weighted by molar-refractivity contribution is 0.0691. The number of rotatable bonds is 10. The van der Waals surface area contributed by atoms with Crippen molar-refractivity contribution in [3.05, 3.63) is 83.9 Å². The van der Waals surface area contributed by atoms with Gasteiger partial charge in [-0.15, -0.1) is 0 Å². The topological polar surface area (TPSA) is 64.5 Å². The van der Waals surface area contributed by atoms with Gasteiger partial charge in [0, 0.05) is 36.0 Å². The molecule has 6 nitrogen and oxygen atoms in total. The Hall–Kier alpha value is -3.84. The first-order valence-electron chi connectivity index (χ1n) is 16.4. The number of allylic oxidation sites excluding steroid dienone is 1. The Morgan fingerprint density at radius 2 is 1.64 bits per heavy atom. The van der Waals surface area contributed by atoms with Crippen LogP contribution in [-0.4, -0.2) is 62.6 Å². The zero-order valence-electron chi connectivity index (χ0n) is 26.1. The molecule has 1 aliphatic carbocycles. The van der Waals surface area contributed by atoms with Crippen molar-refractivity contribution in [1.29, 1.82) is 0 Å². The van der Waals surface area contributed by atoms with Crippen LogP contribution in [-0.2, 0) is 6.54 Å². The zero-order valence-corrected chi connectivity index (χ0v) is 26.1. The highest BCUT2D eigenvalue weighted by atomic mass is 19.1. The standard InChI is InChI=1S/C37H45FN4O2/c1-4-40(5-2)29-19-21-41(22-20-29)25(3)24-42-33-23-32(37(43)44)39-35(33)34(27-11-7-6-8-12-27)36(42)28-17-15-26(16-18-28)30-13-9-10-14-31(30)38/h9-10,13-18,23,27,29,39H,3-8,11-12,19-22,24H2,1-2H3,(H,43,44). The van der Waals surface area contributed by atoms with Gasteiger partial charge in [0.2, 0.25) is 0 Å². The number of carbonyl (C=O) groups is 1. The molecule has 6 rings (SSSR count). The van der Waals surface area contributed by atoms with Crippen LogP contribution in [0.5, 0.6) is 0 Å². The first kappa shape index (κ1) is 30.2. The fraction of sp³-hybridized carbons (Fsp3) is 0.432. The first-order valence-corrected chi connectivity index (χ1v) is 16.4. The molecular weight excluding hydrogens is 551 g/mol. The van der Waals surface area contributed by atoms with Crippen molar-refractivity contribution >= 4 is 17.0 Å². The Labute approximate surface area is 260 Å². The fourth-order valence-electron chi connectivity index (χ4n) is 7.70. The maximum absolute atomic E-state index is 14.6. The summed E-state index contributed by atoms with van der Waals surface area (Å²) in [7, 11) is 0. The molecule has 4 aromatic rings. The van der Waals surface area contributed by atoms with Crippen molar-refractivity contribution in [3.63, 3.8) is 0 Å². The van der Waals surface area contributed by atoms with Crippen molar-refractivity contribution in [3.8, 4) is 22.4 Å². The molecule has 0 unspecified atom stereocenters. The lowest BCUT2D eigenvalue weighted by Crippen LogP contribution is -2.44. The van der Waals surface area contributed by atoms with Crippen LogP contribution in [0.4, 0.5) is 4.39 Å². The van der Waals surface area contributed by atoms with Crippen LogP contribution in [0.1, 0.15) is 80.8 Å². The number of aromatic amines is 1. The quantitative estimate of drug-likeness (QED) is 0.193. The molecule has 1 saturated carbocycles. The van der Waals surface area contributed by atoms with Crippen molar-refractivity contribution in [2.45, 2.75) is 77.3 Å². The second-order valence-corrected chi connectivity index (χ2v) is 12.5. The highest BCUT2D eigenvalue weighted by Crippen LogP contribution is 2.45. The van der Waals surface area contributed by atoms with Crippen LogP contribution in [0.15, 0.2) is 66.9 Å². The average Bonchev–Trinajstić information content (AvgIpc) is 3.61. The summed E-state index contributed by atoms with van der Waals surface area (Å²) in [5.41, 5.74) is 7.91. The molecule has 2 aromatic heterocycles. The maximum atomic E-state index is 14.6. The van der Waals surface area contributed by atoms with Crippen molar-refractivity contribution in [2.75, 3.05) is 26.2 Å². The van der Waals surface area contributed by atoms with Crippen LogP contribution in [0, 0.1) is 5.82 Å². The van der Waals surface area contributed by atoms with Crippen LogP contribution < -0.4 is 0 Å². The molecule has 0 atom stereocenters. The third-order valence-electron chi connectivity index (χ3n) is 10.1. The lowest BCUT2D eigenvalue weighted by atomic mass is 9.82. The number of halogens is 1. The third kappa shape index (κ3) is 5.82. The minimum absolute atomic E-state index is 0.216. The molecule has 2 aromatic carbocycles. The summed E-state index contributed by atoms with van der Waals surface area (Å²) >= 11 is 0. The Kier molecular flexibility index (Phi) is 8.94. The molecule has 2 aliphatic rings. The molecule has 232 valence electrons. The molecule has 2 fully saturated rings. The summed E-state index contributed by atoms with van der Waals surface area (Å²) in [6.07, 6.45) is 7.98. The SMILES string of the molecule is C=C(Cn1c(-c2ccc(-c3ccccc3F)cc2)c(C2CCCCC2)c2[nH]c(C(=O)O)cc21)N1CCC(N(CC)CC)CC1. The minimum Gasteiger partial charge on any atom is -0.477 e. The van der Waals surface area contributed by atoms with E-state index in [2.05, 4.69) is 51.9 Å². The summed E-state index contributed by atoms with van der Waals surface area (Å²) in [4.78, 5) is 20.4. The van der Waals surface area contributed by atoms with Crippen molar-refractivity contribution in [2.24, 2.45) is 0 Å². The number of aromatic carboxylic acids is 1. The molecule has 7 heteroatoms. The van der Waals surface area contributed by atoms with Gasteiger partial charge in [0.25, 0.3) is 0 Å². The van der Waals surface area contributed by atoms with Crippen LogP contribution >= 0.6 is 0 Å². The number of nitrogens with zero attached hydrogens (tertiary/aromatic N) is 3. The summed E-state index contributed by atoms with van der Waals surface area (Å²) in [5.74, 6) is -0.843. The van der Waals surface area contributed by atoms with Crippen LogP contribution in [0.3, 0.4) is 0 Å². The average molecular weight is 597 g/mol. The number of nitrogens with one attached hydrogen (secondary N) is 1. The molecule has 1 aliphatic heterocycles. The molecule has 2 N–H and O–H groups in total. The molecule has 0 radical (unpaired) electrons. The predicted molar refractivity (Wildman–Crippen MR) is 177 cm³/mol. The molecular formula is C37H45FN4O2. The van der Waals surface area contributed by atoms with Gasteiger partial charge in [-0.3, -0.25) is 0 Å². The van der Waals surface area contributed by atoms with E-state index in [0.717, 1.165) is 85.4 Å². The van der Waals surface area contributed by atoms with Crippen molar-refractivity contribution < 1.29 is 14.3 Å². The number of hydrogen-bond acceptors (Lipinski definition) is 3. The van der Waals surface area contributed by atoms with Gasteiger partial charge in [0.05, 0.1) is 23.3 Å². The van der Waals surface area contributed by atoms with E-state index < -0.39 is 5.97 Å². The second kappa shape index (κ2) is 13.0. The van der Waals surface area contributed by atoms with Gasteiger partial charge >= 0.3 is 5.97 Å². The molecule has 0 amide bonds. The predicted octanol–water partition coefficient (Wildman–Crippen LogP) is 8.51. The Balaban J connectivity index is 1.41. The van der Waals surface area contributed by atoms with Crippen molar-refractivity contribution in [1.82, 2.24) is 19.4 Å². The molecule has 0 bridgehead atoms. The Morgan fingerprint density at radius 3 is 2.27 bits per heavy atom. The molecule has 0 spiro atoms. The highest BCUT2D eigenvalue weighted by Gasteiger charge is 2.30. The zero-order chi connectivity index (χ0) is 30.8. The van der Waals surface area contributed by atoms with Crippen LogP contribution in [0.25, 0.3) is 33.4 Å². The second-order valence-electron chi connectivity index (χ2n) is 12.5. The van der Waals surface area contributed by atoms with Gasteiger partial charge in [0.1, 0.15) is 11.5 Å². The van der Waals surface area contributed by atoms with Gasteiger partial charge in [-0.25, -0.2) is 9.18 Å². The summed E-state index contributed by atoms with van der Waals surface area (Å²) in [5, 5.41) is 9.94. The Morgan fingerprint density at radius 1 is 0.977 bits per heavy atom. The smallest absolute Gasteiger partial charge is 0.352 e. The first-order chi connectivity index (χ1) is 21.4. The number of benzene rings is 2. The van der Waals surface area contributed by atoms with E-state index in [0.29, 0.717) is 24.1 Å². The maximum Gasteiger partial charge on any atom is 0.352 e. The lowest BCUT2D eigenvalue weighted by Gasteiger charge is -2.39. The van der Waals surface area contributed by atoms with E-state index >= 15 is 0 Å². The van der Waals surface area contributed by atoms with Gasteiger partial charge in [-0.2, -0.15) is 0 Å². The highest BCUT2D eigenvalue weighted by molar-refractivity contribution is 5.97. The largest absolute Gasteiger partial charge is 0.477 e. The fourth-order valence-corrected chi connectivity index (χ4v) is 7.70. The molecule has 44 heavy (non-hydrogen) atoms. The molecule has 1 saturated heterocycles. The summed E-state index contributed by atoms with van der Waals surface area (Å²) < 4.78 is 16.9. The van der Waals surface area contributed by atoms with Gasteiger partial charge in [-0.1, -0.05) is 82.2 Å².